The molecule has 0 unspecified atom stereocenters. The first kappa shape index (κ1) is 12.2. The van der Waals surface area contributed by atoms with Gasteiger partial charge in [0, 0.05) is 24.3 Å². The van der Waals surface area contributed by atoms with Crippen LogP contribution >= 0.6 is 0 Å². The molecule has 0 aliphatic heterocycles. The Morgan fingerprint density at radius 1 is 1.24 bits per heavy atom. The zero-order valence-electron chi connectivity index (χ0n) is 11.0. The maximum Gasteiger partial charge on any atom is 0.0483 e. The third-order valence-corrected chi connectivity index (χ3v) is 3.00. The summed E-state index contributed by atoms with van der Waals surface area (Å²) >= 11 is 0. The Bertz CT molecular complexity index is 483. The molecule has 1 aromatic carbocycles. The van der Waals surface area contributed by atoms with E-state index in [0.717, 1.165) is 19.6 Å². The van der Waals surface area contributed by atoms with Gasteiger partial charge in [0.25, 0.3) is 0 Å². The average molecular weight is 230 g/mol. The van der Waals surface area contributed by atoms with Crippen molar-refractivity contribution >= 4 is 10.9 Å². The average Bonchev–Trinajstić information content (AvgIpc) is 2.64. The number of nitrogens with zero attached hydrogens (tertiary/aromatic N) is 1. The number of para-hydroxylation sites is 1. The molecule has 2 nitrogen and oxygen atoms in total. The second-order valence-electron chi connectivity index (χ2n) is 4.98. The van der Waals surface area contributed by atoms with Gasteiger partial charge in [-0.25, -0.2) is 0 Å². The molecule has 0 spiro atoms. The molecule has 2 rings (SSSR count). The van der Waals surface area contributed by atoms with E-state index < -0.39 is 0 Å². The van der Waals surface area contributed by atoms with Gasteiger partial charge in [0.1, 0.15) is 0 Å². The molecule has 92 valence electrons. The highest BCUT2D eigenvalue weighted by molar-refractivity contribution is 5.81. The zero-order chi connectivity index (χ0) is 12.3. The molecule has 0 aliphatic carbocycles. The summed E-state index contributed by atoms with van der Waals surface area (Å²) in [6.07, 6.45) is 0. The standard InChI is InChI=1S/C15H22N2/c1-4-16-10-14-9-13-7-5-6-8-15(13)17(14)11-12(2)3/h5-9,12,16H,4,10-11H2,1-3H3. The van der Waals surface area contributed by atoms with Crippen LogP contribution in [0.25, 0.3) is 10.9 Å². The summed E-state index contributed by atoms with van der Waals surface area (Å²) in [5.74, 6) is 0.672. The van der Waals surface area contributed by atoms with E-state index in [0.29, 0.717) is 5.92 Å². The quantitative estimate of drug-likeness (QED) is 0.833. The minimum atomic E-state index is 0.672. The van der Waals surface area contributed by atoms with E-state index in [-0.39, 0.29) is 0 Å². The first-order valence-electron chi connectivity index (χ1n) is 6.50. The summed E-state index contributed by atoms with van der Waals surface area (Å²) < 4.78 is 2.45. The van der Waals surface area contributed by atoms with Gasteiger partial charge in [-0.15, -0.1) is 0 Å². The van der Waals surface area contributed by atoms with Crippen molar-refractivity contribution in [3.05, 3.63) is 36.0 Å². The van der Waals surface area contributed by atoms with Crippen molar-refractivity contribution < 1.29 is 0 Å². The van der Waals surface area contributed by atoms with E-state index in [4.69, 9.17) is 0 Å². The van der Waals surface area contributed by atoms with Gasteiger partial charge in [-0.05, 0) is 30.0 Å². The fourth-order valence-corrected chi connectivity index (χ4v) is 2.25. The largest absolute Gasteiger partial charge is 0.343 e. The number of rotatable bonds is 5. The number of benzene rings is 1. The van der Waals surface area contributed by atoms with E-state index in [1.54, 1.807) is 0 Å². The Hall–Kier alpha value is -1.28. The minimum absolute atomic E-state index is 0.672. The molecule has 2 heteroatoms. The van der Waals surface area contributed by atoms with Crippen LogP contribution in [0.15, 0.2) is 30.3 Å². The molecule has 1 heterocycles. The van der Waals surface area contributed by atoms with E-state index in [2.05, 4.69) is 61.0 Å². The van der Waals surface area contributed by atoms with Crippen LogP contribution < -0.4 is 5.32 Å². The summed E-state index contributed by atoms with van der Waals surface area (Å²) in [5, 5.41) is 4.77. The van der Waals surface area contributed by atoms with Gasteiger partial charge < -0.3 is 9.88 Å². The summed E-state index contributed by atoms with van der Waals surface area (Å²) in [4.78, 5) is 0. The molecule has 17 heavy (non-hydrogen) atoms. The van der Waals surface area contributed by atoms with Crippen LogP contribution in [-0.2, 0) is 13.1 Å². The lowest BCUT2D eigenvalue weighted by atomic mass is 10.2. The molecule has 1 aromatic heterocycles. The molecule has 0 atom stereocenters. The fourth-order valence-electron chi connectivity index (χ4n) is 2.25. The maximum atomic E-state index is 3.42. The number of hydrogen-bond acceptors (Lipinski definition) is 1. The molecule has 0 fully saturated rings. The third kappa shape index (κ3) is 2.70. The third-order valence-electron chi connectivity index (χ3n) is 3.00. The smallest absolute Gasteiger partial charge is 0.0483 e. The van der Waals surface area contributed by atoms with Crippen molar-refractivity contribution in [3.8, 4) is 0 Å². The molecule has 0 radical (unpaired) electrons. The first-order valence-corrected chi connectivity index (χ1v) is 6.50. The summed E-state index contributed by atoms with van der Waals surface area (Å²) in [6, 6.07) is 10.9. The lowest BCUT2D eigenvalue weighted by molar-refractivity contribution is 0.514. The monoisotopic (exact) mass is 230 g/mol. The van der Waals surface area contributed by atoms with Gasteiger partial charge in [-0.2, -0.15) is 0 Å². The summed E-state index contributed by atoms with van der Waals surface area (Å²) in [7, 11) is 0. The molecule has 0 aliphatic rings. The fraction of sp³-hybridized carbons (Fsp3) is 0.467. The van der Waals surface area contributed by atoms with Crippen LogP contribution in [-0.4, -0.2) is 11.1 Å². The molecule has 0 bridgehead atoms. The van der Waals surface area contributed by atoms with Crippen molar-refractivity contribution in [3.63, 3.8) is 0 Å². The van der Waals surface area contributed by atoms with Crippen LogP contribution in [0.4, 0.5) is 0 Å². The van der Waals surface area contributed by atoms with E-state index >= 15 is 0 Å². The van der Waals surface area contributed by atoms with Gasteiger partial charge in [-0.1, -0.05) is 39.0 Å². The molecule has 1 N–H and O–H groups in total. The van der Waals surface area contributed by atoms with Crippen molar-refractivity contribution in [1.82, 2.24) is 9.88 Å². The van der Waals surface area contributed by atoms with Crippen molar-refractivity contribution in [2.75, 3.05) is 6.54 Å². The van der Waals surface area contributed by atoms with E-state index in [1.807, 2.05) is 0 Å². The molecular formula is C15H22N2. The Kier molecular flexibility index (Phi) is 3.85. The Morgan fingerprint density at radius 3 is 2.71 bits per heavy atom. The first-order chi connectivity index (χ1) is 8.22. The summed E-state index contributed by atoms with van der Waals surface area (Å²) in [5.41, 5.74) is 2.75. The number of hydrogen-bond donors (Lipinski definition) is 1. The number of aromatic nitrogens is 1. The lowest BCUT2D eigenvalue weighted by Gasteiger charge is -2.13. The van der Waals surface area contributed by atoms with Crippen LogP contribution in [0, 0.1) is 5.92 Å². The predicted octanol–water partition coefficient (Wildman–Crippen LogP) is 3.41. The molecule has 0 saturated carbocycles. The molecular weight excluding hydrogens is 208 g/mol. The van der Waals surface area contributed by atoms with Crippen LogP contribution in [0.2, 0.25) is 0 Å². The van der Waals surface area contributed by atoms with Gasteiger partial charge >= 0.3 is 0 Å². The van der Waals surface area contributed by atoms with Gasteiger partial charge in [0.05, 0.1) is 0 Å². The zero-order valence-corrected chi connectivity index (χ0v) is 11.0. The van der Waals surface area contributed by atoms with Crippen molar-refractivity contribution in [1.29, 1.82) is 0 Å². The maximum absolute atomic E-state index is 3.42. The second kappa shape index (κ2) is 5.37. The SMILES string of the molecule is CCNCc1cc2ccccc2n1CC(C)C. The predicted molar refractivity (Wildman–Crippen MR) is 74.2 cm³/mol. The highest BCUT2D eigenvalue weighted by Crippen LogP contribution is 2.21. The number of fused-ring (bicyclic) bond motifs is 1. The van der Waals surface area contributed by atoms with Crippen LogP contribution in [0.5, 0.6) is 0 Å². The van der Waals surface area contributed by atoms with Crippen LogP contribution in [0.1, 0.15) is 26.5 Å². The summed E-state index contributed by atoms with van der Waals surface area (Å²) in [6.45, 7) is 9.75. The molecule has 0 amide bonds. The Morgan fingerprint density at radius 2 is 2.00 bits per heavy atom. The van der Waals surface area contributed by atoms with Crippen LogP contribution in [0.3, 0.4) is 0 Å². The minimum Gasteiger partial charge on any atom is -0.343 e. The van der Waals surface area contributed by atoms with Gasteiger partial charge in [-0.3, -0.25) is 0 Å². The lowest BCUT2D eigenvalue weighted by Crippen LogP contribution is -2.16. The van der Waals surface area contributed by atoms with Crippen molar-refractivity contribution in [2.24, 2.45) is 5.92 Å². The van der Waals surface area contributed by atoms with Gasteiger partial charge in [0.15, 0.2) is 0 Å². The highest BCUT2D eigenvalue weighted by atomic mass is 15.0. The van der Waals surface area contributed by atoms with E-state index in [9.17, 15) is 0 Å². The van der Waals surface area contributed by atoms with Crippen molar-refractivity contribution in [2.45, 2.75) is 33.9 Å². The topological polar surface area (TPSA) is 17.0 Å². The molecule has 2 aromatic rings. The number of nitrogens with one attached hydrogen (secondary N) is 1. The van der Waals surface area contributed by atoms with E-state index in [1.165, 1.54) is 16.6 Å². The molecule has 0 saturated heterocycles. The Balaban J connectivity index is 2.41. The highest BCUT2D eigenvalue weighted by Gasteiger charge is 2.08. The van der Waals surface area contributed by atoms with Gasteiger partial charge in [0.2, 0.25) is 0 Å². The Labute approximate surface area is 104 Å². The second-order valence-corrected chi connectivity index (χ2v) is 4.98. The normalized spacial score (nSPS) is 11.5.